The Bertz CT molecular complexity index is 432. The van der Waals surface area contributed by atoms with Crippen molar-refractivity contribution in [2.45, 2.75) is 6.42 Å². The highest BCUT2D eigenvalue weighted by Crippen LogP contribution is 2.21. The number of piperazine rings is 1. The molecule has 1 fully saturated rings. The van der Waals surface area contributed by atoms with Crippen molar-refractivity contribution in [3.05, 3.63) is 12.4 Å². The van der Waals surface area contributed by atoms with Gasteiger partial charge in [-0.3, -0.25) is 4.79 Å². The topological polar surface area (TPSA) is 81.6 Å². The monoisotopic (exact) mass is 265 g/mol. The molecule has 2 rings (SSSR count). The lowest BCUT2D eigenvalue weighted by atomic mass is 10.3. The van der Waals surface area contributed by atoms with Crippen molar-refractivity contribution >= 4 is 17.6 Å². The highest BCUT2D eigenvalue weighted by atomic mass is 16.4. The number of nitrogens with one attached hydrogen (secondary N) is 1. The summed E-state index contributed by atoms with van der Waals surface area (Å²) >= 11 is 0. The lowest BCUT2D eigenvalue weighted by molar-refractivity contribution is -0.136. The van der Waals surface area contributed by atoms with E-state index in [0.29, 0.717) is 12.4 Å². The van der Waals surface area contributed by atoms with Crippen LogP contribution in [-0.2, 0) is 4.79 Å². The summed E-state index contributed by atoms with van der Waals surface area (Å²) in [6, 6.07) is 0. The first-order valence-electron chi connectivity index (χ1n) is 6.37. The van der Waals surface area contributed by atoms with Crippen molar-refractivity contribution in [3.63, 3.8) is 0 Å². The summed E-state index contributed by atoms with van der Waals surface area (Å²) in [6.07, 6.45) is 3.34. The number of anilines is 2. The predicted molar refractivity (Wildman–Crippen MR) is 72.5 cm³/mol. The molecule has 0 unspecified atom stereocenters. The van der Waals surface area contributed by atoms with E-state index in [1.165, 1.54) is 0 Å². The fourth-order valence-corrected chi connectivity index (χ4v) is 1.99. The number of aromatic nitrogens is 2. The Labute approximate surface area is 112 Å². The molecule has 0 atom stereocenters. The molecule has 104 valence electrons. The van der Waals surface area contributed by atoms with Crippen molar-refractivity contribution in [1.82, 2.24) is 14.9 Å². The van der Waals surface area contributed by atoms with E-state index < -0.39 is 5.97 Å². The van der Waals surface area contributed by atoms with Crippen molar-refractivity contribution in [3.8, 4) is 0 Å². The molecule has 0 radical (unpaired) electrons. The zero-order chi connectivity index (χ0) is 13.7. The largest absolute Gasteiger partial charge is 0.481 e. The van der Waals surface area contributed by atoms with Gasteiger partial charge in [-0.2, -0.15) is 0 Å². The van der Waals surface area contributed by atoms with Crippen LogP contribution in [0.3, 0.4) is 0 Å². The standard InChI is InChI=1S/C12H19N5O2/c1-16-6-8-17(9-7-16)12-11(14-4-5-15-12)13-3-2-10(18)19/h4-5H,2-3,6-9H2,1H3,(H,13,14)(H,18,19). The minimum Gasteiger partial charge on any atom is -0.481 e. The smallest absolute Gasteiger partial charge is 0.305 e. The first-order valence-corrected chi connectivity index (χ1v) is 6.37. The van der Waals surface area contributed by atoms with Gasteiger partial charge in [0.1, 0.15) is 0 Å². The minimum atomic E-state index is -0.822. The molecule has 0 aromatic carbocycles. The van der Waals surface area contributed by atoms with Gasteiger partial charge in [0.05, 0.1) is 6.42 Å². The summed E-state index contributed by atoms with van der Waals surface area (Å²) in [5.41, 5.74) is 0. The van der Waals surface area contributed by atoms with Crippen LogP contribution in [0, 0.1) is 0 Å². The molecule has 1 aromatic rings. The second kappa shape index (κ2) is 6.33. The minimum absolute atomic E-state index is 0.0682. The maximum atomic E-state index is 10.5. The van der Waals surface area contributed by atoms with E-state index in [-0.39, 0.29) is 6.42 Å². The number of nitrogens with zero attached hydrogens (tertiary/aromatic N) is 4. The molecule has 1 aliphatic rings. The Balaban J connectivity index is 2.01. The third-order valence-corrected chi connectivity index (χ3v) is 3.11. The van der Waals surface area contributed by atoms with Gasteiger partial charge in [0.2, 0.25) is 0 Å². The summed E-state index contributed by atoms with van der Waals surface area (Å²) in [5, 5.41) is 11.7. The maximum absolute atomic E-state index is 10.5. The molecule has 7 nitrogen and oxygen atoms in total. The first kappa shape index (κ1) is 13.5. The number of rotatable bonds is 5. The zero-order valence-corrected chi connectivity index (χ0v) is 11.0. The quantitative estimate of drug-likeness (QED) is 0.782. The molecule has 1 aromatic heterocycles. The van der Waals surface area contributed by atoms with Crippen molar-refractivity contribution in [2.75, 3.05) is 50.0 Å². The number of hydrogen-bond acceptors (Lipinski definition) is 6. The molecule has 0 aliphatic carbocycles. The third kappa shape index (κ3) is 3.78. The van der Waals surface area contributed by atoms with Crippen LogP contribution in [0.1, 0.15) is 6.42 Å². The van der Waals surface area contributed by atoms with Gasteiger partial charge < -0.3 is 20.2 Å². The van der Waals surface area contributed by atoms with Crippen LogP contribution >= 0.6 is 0 Å². The fraction of sp³-hybridized carbons (Fsp3) is 0.583. The Morgan fingerprint density at radius 2 is 2.00 bits per heavy atom. The molecule has 2 N–H and O–H groups in total. The van der Waals surface area contributed by atoms with Gasteiger partial charge in [0.15, 0.2) is 11.6 Å². The Morgan fingerprint density at radius 1 is 1.32 bits per heavy atom. The highest BCUT2D eigenvalue weighted by Gasteiger charge is 2.18. The summed E-state index contributed by atoms with van der Waals surface area (Å²) in [5.74, 6) is 0.645. The Hall–Kier alpha value is -1.89. The van der Waals surface area contributed by atoms with E-state index in [4.69, 9.17) is 5.11 Å². The van der Waals surface area contributed by atoms with Crippen LogP contribution in [0.4, 0.5) is 11.6 Å². The normalized spacial score (nSPS) is 16.4. The summed E-state index contributed by atoms with van der Waals surface area (Å²) in [6.45, 7) is 4.15. The molecular formula is C12H19N5O2. The predicted octanol–water partition coefficient (Wildman–Crippen LogP) is 0.115. The van der Waals surface area contributed by atoms with Crippen LogP contribution in [-0.4, -0.2) is 65.7 Å². The van der Waals surface area contributed by atoms with Crippen molar-refractivity contribution < 1.29 is 9.90 Å². The SMILES string of the molecule is CN1CCN(c2nccnc2NCCC(=O)O)CC1. The molecule has 7 heteroatoms. The van der Waals surface area contributed by atoms with Gasteiger partial charge in [0.25, 0.3) is 0 Å². The Kier molecular flexibility index (Phi) is 4.51. The van der Waals surface area contributed by atoms with E-state index in [1.54, 1.807) is 12.4 Å². The second-order valence-corrected chi connectivity index (χ2v) is 4.59. The van der Waals surface area contributed by atoms with Crippen LogP contribution in [0.25, 0.3) is 0 Å². The second-order valence-electron chi connectivity index (χ2n) is 4.59. The van der Waals surface area contributed by atoms with Crippen LogP contribution in [0.2, 0.25) is 0 Å². The summed E-state index contributed by atoms with van der Waals surface area (Å²) in [4.78, 5) is 23.6. The highest BCUT2D eigenvalue weighted by molar-refractivity contribution is 5.68. The molecule has 1 aliphatic heterocycles. The van der Waals surface area contributed by atoms with Gasteiger partial charge >= 0.3 is 5.97 Å². The number of carboxylic acid groups (broad SMARTS) is 1. The number of likely N-dealkylation sites (N-methyl/N-ethyl adjacent to an activating group) is 1. The lowest BCUT2D eigenvalue weighted by Gasteiger charge is -2.33. The molecular weight excluding hydrogens is 246 g/mol. The average Bonchev–Trinajstić information content (AvgIpc) is 2.40. The van der Waals surface area contributed by atoms with Gasteiger partial charge in [-0.1, -0.05) is 0 Å². The van der Waals surface area contributed by atoms with Crippen LogP contribution < -0.4 is 10.2 Å². The van der Waals surface area contributed by atoms with E-state index in [2.05, 4.69) is 32.1 Å². The summed E-state index contributed by atoms with van der Waals surface area (Å²) < 4.78 is 0. The van der Waals surface area contributed by atoms with Gasteiger partial charge in [0, 0.05) is 45.1 Å². The zero-order valence-electron chi connectivity index (χ0n) is 11.0. The number of carbonyl (C=O) groups is 1. The molecule has 0 spiro atoms. The van der Waals surface area contributed by atoms with Gasteiger partial charge in [-0.05, 0) is 7.05 Å². The Morgan fingerprint density at radius 3 is 2.68 bits per heavy atom. The van der Waals surface area contributed by atoms with Gasteiger partial charge in [-0.25, -0.2) is 9.97 Å². The molecule has 19 heavy (non-hydrogen) atoms. The number of aliphatic carboxylic acids is 1. The van der Waals surface area contributed by atoms with Gasteiger partial charge in [-0.15, -0.1) is 0 Å². The molecule has 0 amide bonds. The maximum Gasteiger partial charge on any atom is 0.305 e. The average molecular weight is 265 g/mol. The van der Waals surface area contributed by atoms with Crippen LogP contribution in [0.5, 0.6) is 0 Å². The first-order chi connectivity index (χ1) is 9.16. The fourth-order valence-electron chi connectivity index (χ4n) is 1.99. The lowest BCUT2D eigenvalue weighted by Crippen LogP contribution is -2.45. The van der Waals surface area contributed by atoms with Crippen molar-refractivity contribution in [1.29, 1.82) is 0 Å². The number of hydrogen-bond donors (Lipinski definition) is 2. The van der Waals surface area contributed by atoms with Crippen molar-refractivity contribution in [2.24, 2.45) is 0 Å². The summed E-state index contributed by atoms with van der Waals surface area (Å²) in [7, 11) is 2.10. The molecule has 2 heterocycles. The molecule has 0 bridgehead atoms. The number of carboxylic acids is 1. The van der Waals surface area contributed by atoms with E-state index in [0.717, 1.165) is 32.0 Å². The third-order valence-electron chi connectivity index (χ3n) is 3.11. The van der Waals surface area contributed by atoms with E-state index >= 15 is 0 Å². The molecule has 1 saturated heterocycles. The van der Waals surface area contributed by atoms with Crippen LogP contribution in [0.15, 0.2) is 12.4 Å². The molecule has 0 saturated carbocycles. The van der Waals surface area contributed by atoms with E-state index in [1.807, 2.05) is 0 Å². The van der Waals surface area contributed by atoms with E-state index in [9.17, 15) is 4.79 Å².